The number of carbonyl (C=O) groups excluding carboxylic acids is 1. The van der Waals surface area contributed by atoms with Gasteiger partial charge in [-0.1, -0.05) is 54.6 Å². The molecule has 0 unspecified atom stereocenters. The monoisotopic (exact) mass is 445 g/mol. The normalized spacial score (nSPS) is 14.7. The van der Waals surface area contributed by atoms with Gasteiger partial charge in [-0.15, -0.1) is 0 Å². The van der Waals surface area contributed by atoms with Crippen LogP contribution in [0.4, 0.5) is 4.79 Å². The Kier molecular flexibility index (Phi) is 5.60. The molecule has 0 saturated carbocycles. The number of carboxylic acids is 1. The summed E-state index contributed by atoms with van der Waals surface area (Å²) in [6.45, 7) is 1.04. The van der Waals surface area contributed by atoms with Crippen molar-refractivity contribution in [3.05, 3.63) is 83.4 Å². The van der Waals surface area contributed by atoms with Crippen molar-refractivity contribution in [2.75, 3.05) is 19.8 Å². The molecule has 1 heterocycles. The fourth-order valence-corrected chi connectivity index (χ4v) is 4.43. The van der Waals surface area contributed by atoms with E-state index in [0.29, 0.717) is 30.3 Å². The Balaban J connectivity index is 1.25. The molecule has 5 rings (SSSR count). The van der Waals surface area contributed by atoms with Gasteiger partial charge in [0.2, 0.25) is 0 Å². The van der Waals surface area contributed by atoms with Gasteiger partial charge in [-0.25, -0.2) is 9.59 Å². The molecule has 0 aromatic heterocycles. The third kappa shape index (κ3) is 4.22. The third-order valence-corrected chi connectivity index (χ3v) is 5.98. The average molecular weight is 445 g/mol. The predicted octanol–water partition coefficient (Wildman–Crippen LogP) is 3.99. The molecule has 2 N–H and O–H groups in total. The van der Waals surface area contributed by atoms with Crippen LogP contribution < -0.4 is 14.8 Å². The molecule has 0 bridgehead atoms. The van der Waals surface area contributed by atoms with E-state index in [-0.39, 0.29) is 18.9 Å². The lowest BCUT2D eigenvalue weighted by Crippen LogP contribution is -2.42. The fraction of sp³-hybridized carbons (Fsp3) is 0.231. The molecular formula is C26H23NO6. The molecule has 1 atom stereocenters. The van der Waals surface area contributed by atoms with Gasteiger partial charge in [0.25, 0.3) is 0 Å². The van der Waals surface area contributed by atoms with Crippen LogP contribution in [0.15, 0.2) is 66.7 Å². The highest BCUT2D eigenvalue weighted by atomic mass is 16.6. The molecule has 1 aliphatic heterocycles. The highest BCUT2D eigenvalue weighted by molar-refractivity contribution is 5.81. The molecule has 1 amide bonds. The van der Waals surface area contributed by atoms with Crippen LogP contribution in [0, 0.1) is 0 Å². The zero-order chi connectivity index (χ0) is 22.8. The number of ether oxygens (including phenoxy) is 3. The van der Waals surface area contributed by atoms with Crippen molar-refractivity contribution in [1.29, 1.82) is 0 Å². The first-order valence-electron chi connectivity index (χ1n) is 10.8. The number of alkyl carbamates (subject to hydrolysis) is 1. The van der Waals surface area contributed by atoms with Crippen LogP contribution in [0.2, 0.25) is 0 Å². The summed E-state index contributed by atoms with van der Waals surface area (Å²) in [5.74, 6) is -0.0342. The fourth-order valence-electron chi connectivity index (χ4n) is 4.43. The summed E-state index contributed by atoms with van der Waals surface area (Å²) in [7, 11) is 0. The molecule has 33 heavy (non-hydrogen) atoms. The largest absolute Gasteiger partial charge is 0.486 e. The van der Waals surface area contributed by atoms with Crippen LogP contribution in [-0.2, 0) is 16.0 Å². The zero-order valence-electron chi connectivity index (χ0n) is 17.8. The summed E-state index contributed by atoms with van der Waals surface area (Å²) in [6.07, 6.45) is -0.669. The Morgan fingerprint density at radius 3 is 2.24 bits per heavy atom. The Bertz CT molecular complexity index is 1160. The van der Waals surface area contributed by atoms with E-state index >= 15 is 0 Å². The van der Waals surface area contributed by atoms with Gasteiger partial charge in [-0.3, -0.25) is 0 Å². The Hall–Kier alpha value is -4.00. The second-order valence-corrected chi connectivity index (χ2v) is 8.04. The first kappa shape index (κ1) is 20.9. The van der Waals surface area contributed by atoms with Crippen LogP contribution in [0.25, 0.3) is 11.1 Å². The number of benzene rings is 3. The van der Waals surface area contributed by atoms with Gasteiger partial charge >= 0.3 is 12.1 Å². The standard InChI is InChI=1S/C26H23NO6/c28-25(29)22(13-16-9-10-23-24(14-16)32-12-11-31-23)27-26(30)33-15-21-19-7-3-1-5-17(19)18-6-2-4-8-20(18)21/h1-10,14,21-22H,11-13,15H2,(H,27,30)(H,28,29)/t22-/m0/s1. The molecule has 0 radical (unpaired) electrons. The smallest absolute Gasteiger partial charge is 0.407 e. The number of carboxylic acid groups (broad SMARTS) is 1. The highest BCUT2D eigenvalue weighted by Gasteiger charge is 2.30. The average Bonchev–Trinajstić information content (AvgIpc) is 3.16. The van der Waals surface area contributed by atoms with Crippen LogP contribution in [0.5, 0.6) is 11.5 Å². The maximum absolute atomic E-state index is 12.5. The molecule has 168 valence electrons. The molecule has 2 aliphatic rings. The molecule has 0 spiro atoms. The van der Waals surface area contributed by atoms with Crippen LogP contribution in [0.3, 0.4) is 0 Å². The van der Waals surface area contributed by atoms with E-state index in [1.165, 1.54) is 0 Å². The van der Waals surface area contributed by atoms with Gasteiger partial charge in [-0.2, -0.15) is 0 Å². The number of amides is 1. The quantitative estimate of drug-likeness (QED) is 0.596. The molecule has 7 heteroatoms. The number of aliphatic carboxylic acids is 1. The third-order valence-electron chi connectivity index (χ3n) is 5.98. The van der Waals surface area contributed by atoms with Gasteiger partial charge in [0.1, 0.15) is 25.9 Å². The van der Waals surface area contributed by atoms with Crippen molar-refractivity contribution in [2.24, 2.45) is 0 Å². The summed E-state index contributed by atoms with van der Waals surface area (Å²) >= 11 is 0. The van der Waals surface area contributed by atoms with Crippen LogP contribution >= 0.6 is 0 Å². The van der Waals surface area contributed by atoms with Crippen molar-refractivity contribution in [3.63, 3.8) is 0 Å². The predicted molar refractivity (Wildman–Crippen MR) is 121 cm³/mol. The van der Waals surface area contributed by atoms with E-state index in [1.807, 2.05) is 36.4 Å². The molecule has 3 aromatic carbocycles. The Morgan fingerprint density at radius 2 is 1.58 bits per heavy atom. The first-order valence-corrected chi connectivity index (χ1v) is 10.8. The molecular weight excluding hydrogens is 422 g/mol. The van der Waals surface area contributed by atoms with Gasteiger partial charge in [0, 0.05) is 12.3 Å². The van der Waals surface area contributed by atoms with Gasteiger partial charge < -0.3 is 24.6 Å². The maximum Gasteiger partial charge on any atom is 0.407 e. The van der Waals surface area contributed by atoms with Crippen molar-refractivity contribution in [2.45, 2.75) is 18.4 Å². The molecule has 0 saturated heterocycles. The minimum atomic E-state index is -1.14. The summed E-state index contributed by atoms with van der Waals surface area (Å²) in [6, 6.07) is 20.2. The lowest BCUT2D eigenvalue weighted by molar-refractivity contribution is -0.139. The minimum Gasteiger partial charge on any atom is -0.486 e. The summed E-state index contributed by atoms with van der Waals surface area (Å²) < 4.78 is 16.5. The second kappa shape index (κ2) is 8.86. The van der Waals surface area contributed by atoms with E-state index < -0.39 is 18.1 Å². The summed E-state index contributed by atoms with van der Waals surface area (Å²) in [4.78, 5) is 24.3. The van der Waals surface area contributed by atoms with Gasteiger partial charge in [0.15, 0.2) is 11.5 Å². The number of rotatable bonds is 6. The van der Waals surface area contributed by atoms with E-state index in [9.17, 15) is 14.7 Å². The lowest BCUT2D eigenvalue weighted by atomic mass is 9.98. The Labute approximate surface area is 190 Å². The van der Waals surface area contributed by atoms with E-state index in [4.69, 9.17) is 14.2 Å². The molecule has 3 aromatic rings. The second-order valence-electron chi connectivity index (χ2n) is 8.04. The number of nitrogens with one attached hydrogen (secondary N) is 1. The number of fused-ring (bicyclic) bond motifs is 4. The Morgan fingerprint density at radius 1 is 0.939 bits per heavy atom. The van der Waals surface area contributed by atoms with Crippen LogP contribution in [-0.4, -0.2) is 43.0 Å². The zero-order valence-corrected chi connectivity index (χ0v) is 17.8. The number of hydrogen-bond acceptors (Lipinski definition) is 5. The van der Waals surface area contributed by atoms with E-state index in [2.05, 4.69) is 17.4 Å². The van der Waals surface area contributed by atoms with Crippen LogP contribution in [0.1, 0.15) is 22.6 Å². The molecule has 0 fully saturated rings. The lowest BCUT2D eigenvalue weighted by Gasteiger charge is -2.20. The van der Waals surface area contributed by atoms with Gasteiger partial charge in [0.05, 0.1) is 0 Å². The number of hydrogen-bond donors (Lipinski definition) is 2. The van der Waals surface area contributed by atoms with Crippen molar-refractivity contribution in [1.82, 2.24) is 5.32 Å². The SMILES string of the molecule is O=C(N[C@@H](Cc1ccc2c(c1)OCCO2)C(=O)O)OCC1c2ccccc2-c2ccccc21. The minimum absolute atomic E-state index is 0.0933. The van der Waals surface area contributed by atoms with Crippen molar-refractivity contribution >= 4 is 12.1 Å². The van der Waals surface area contributed by atoms with Crippen molar-refractivity contribution < 1.29 is 28.9 Å². The first-order chi connectivity index (χ1) is 16.1. The summed E-state index contributed by atoms with van der Waals surface area (Å²) in [5.41, 5.74) is 5.16. The van der Waals surface area contributed by atoms with E-state index in [0.717, 1.165) is 22.3 Å². The topological polar surface area (TPSA) is 94.1 Å². The molecule has 1 aliphatic carbocycles. The number of carbonyl (C=O) groups is 2. The summed E-state index contributed by atoms with van der Waals surface area (Å²) in [5, 5.41) is 12.1. The van der Waals surface area contributed by atoms with Crippen molar-refractivity contribution in [3.8, 4) is 22.6 Å². The van der Waals surface area contributed by atoms with Gasteiger partial charge in [-0.05, 0) is 39.9 Å². The van der Waals surface area contributed by atoms with E-state index in [1.54, 1.807) is 18.2 Å². The maximum atomic E-state index is 12.5. The molecule has 7 nitrogen and oxygen atoms in total. The highest BCUT2D eigenvalue weighted by Crippen LogP contribution is 2.44.